The number of carbonyl (C=O) groups excluding carboxylic acids is 2. The fraction of sp³-hybridized carbons (Fsp3) is 0.381. The van der Waals surface area contributed by atoms with Crippen LogP contribution in [0.1, 0.15) is 40.0 Å². The van der Waals surface area contributed by atoms with Gasteiger partial charge in [0.2, 0.25) is 11.8 Å². The number of fused-ring (bicyclic) bond motifs is 1. The second-order valence-corrected chi connectivity index (χ2v) is 8.39. The van der Waals surface area contributed by atoms with Crippen LogP contribution in [0.4, 0.5) is 10.7 Å². The minimum Gasteiger partial charge on any atom is -0.316 e. The van der Waals surface area contributed by atoms with Gasteiger partial charge in [0.1, 0.15) is 11.1 Å². The number of thiophene rings is 1. The smallest absolute Gasteiger partial charge is 0.230 e. The topological polar surface area (TPSA) is 73.2 Å². The van der Waals surface area contributed by atoms with Crippen LogP contribution in [0.2, 0.25) is 0 Å². The number of amides is 2. The molecule has 1 aliphatic carbocycles. The number of carbonyl (C=O) groups is 2. The molecule has 1 saturated heterocycles. The molecule has 1 aromatic carbocycles. The predicted molar refractivity (Wildman–Crippen MR) is 106 cm³/mol. The third kappa shape index (κ3) is 3.02. The van der Waals surface area contributed by atoms with Crippen molar-refractivity contribution in [3.05, 3.63) is 45.3 Å². The largest absolute Gasteiger partial charge is 0.316 e. The van der Waals surface area contributed by atoms with Gasteiger partial charge in [-0.2, -0.15) is 5.26 Å². The molecular weight excluding hydrogens is 358 g/mol. The number of nitrogens with one attached hydrogen (secondary N) is 1. The molecule has 2 amide bonds. The molecule has 138 valence electrons. The summed E-state index contributed by atoms with van der Waals surface area (Å²) in [4.78, 5) is 28.3. The van der Waals surface area contributed by atoms with Crippen molar-refractivity contribution in [1.82, 2.24) is 0 Å². The molecule has 0 bridgehead atoms. The van der Waals surface area contributed by atoms with Crippen LogP contribution >= 0.6 is 11.3 Å². The van der Waals surface area contributed by atoms with E-state index in [0.717, 1.165) is 41.6 Å². The molecule has 5 nitrogen and oxygen atoms in total. The lowest BCUT2D eigenvalue weighted by Crippen LogP contribution is -2.28. The van der Waals surface area contributed by atoms with Gasteiger partial charge in [-0.1, -0.05) is 12.1 Å². The van der Waals surface area contributed by atoms with E-state index in [1.165, 1.54) is 16.2 Å². The van der Waals surface area contributed by atoms with E-state index in [-0.39, 0.29) is 18.2 Å². The van der Waals surface area contributed by atoms with Crippen LogP contribution in [0, 0.1) is 31.1 Å². The Morgan fingerprint density at radius 3 is 2.93 bits per heavy atom. The zero-order valence-electron chi connectivity index (χ0n) is 15.5. The fourth-order valence-electron chi connectivity index (χ4n) is 3.97. The fourth-order valence-corrected chi connectivity index (χ4v) is 5.21. The van der Waals surface area contributed by atoms with E-state index in [1.54, 1.807) is 4.90 Å². The molecule has 1 aliphatic heterocycles. The maximum absolute atomic E-state index is 12.8. The summed E-state index contributed by atoms with van der Waals surface area (Å²) >= 11 is 1.51. The third-order valence-electron chi connectivity index (χ3n) is 5.63. The van der Waals surface area contributed by atoms with Crippen LogP contribution < -0.4 is 10.2 Å². The van der Waals surface area contributed by atoms with Gasteiger partial charge in [0, 0.05) is 23.5 Å². The first-order valence-electron chi connectivity index (χ1n) is 9.21. The lowest BCUT2D eigenvalue weighted by molar-refractivity contribution is -0.122. The van der Waals surface area contributed by atoms with Gasteiger partial charge in [0.15, 0.2) is 0 Å². The van der Waals surface area contributed by atoms with Crippen molar-refractivity contribution < 1.29 is 9.59 Å². The normalized spacial score (nSPS) is 18.5. The van der Waals surface area contributed by atoms with E-state index in [9.17, 15) is 14.9 Å². The van der Waals surface area contributed by atoms with Crippen molar-refractivity contribution in [3.63, 3.8) is 0 Å². The highest BCUT2D eigenvalue weighted by Crippen LogP contribution is 2.39. The average molecular weight is 379 g/mol. The van der Waals surface area contributed by atoms with Gasteiger partial charge in [-0.15, -0.1) is 11.3 Å². The van der Waals surface area contributed by atoms with Gasteiger partial charge in [-0.05, 0) is 55.9 Å². The molecule has 27 heavy (non-hydrogen) atoms. The van der Waals surface area contributed by atoms with Gasteiger partial charge >= 0.3 is 0 Å². The highest BCUT2D eigenvalue weighted by molar-refractivity contribution is 7.16. The molecular formula is C21H21N3O2S. The van der Waals surface area contributed by atoms with Crippen molar-refractivity contribution >= 4 is 33.8 Å². The summed E-state index contributed by atoms with van der Waals surface area (Å²) in [6.07, 6.45) is 3.16. The number of rotatable bonds is 3. The first-order valence-corrected chi connectivity index (χ1v) is 10.0. The molecule has 0 radical (unpaired) electrons. The monoisotopic (exact) mass is 379 g/mol. The highest BCUT2D eigenvalue weighted by atomic mass is 32.1. The van der Waals surface area contributed by atoms with E-state index >= 15 is 0 Å². The summed E-state index contributed by atoms with van der Waals surface area (Å²) in [7, 11) is 0. The van der Waals surface area contributed by atoms with Crippen LogP contribution in [-0.2, 0) is 22.4 Å². The Labute approximate surface area is 162 Å². The number of benzene rings is 1. The Balaban J connectivity index is 1.52. The number of hydrogen-bond donors (Lipinski definition) is 1. The summed E-state index contributed by atoms with van der Waals surface area (Å²) in [6.45, 7) is 4.39. The van der Waals surface area contributed by atoms with E-state index < -0.39 is 5.92 Å². The molecule has 1 aromatic heterocycles. The summed E-state index contributed by atoms with van der Waals surface area (Å²) in [5, 5.41) is 13.1. The lowest BCUT2D eigenvalue weighted by atomic mass is 10.1. The molecule has 1 N–H and O–H groups in total. The van der Waals surface area contributed by atoms with Crippen molar-refractivity contribution in [1.29, 1.82) is 5.26 Å². The Kier molecular flexibility index (Phi) is 4.48. The summed E-state index contributed by atoms with van der Waals surface area (Å²) in [5.74, 6) is -0.605. The summed E-state index contributed by atoms with van der Waals surface area (Å²) < 4.78 is 0. The van der Waals surface area contributed by atoms with Gasteiger partial charge < -0.3 is 10.2 Å². The Hall–Kier alpha value is -2.65. The van der Waals surface area contributed by atoms with Crippen molar-refractivity contribution in [2.75, 3.05) is 16.8 Å². The molecule has 4 rings (SSSR count). The Morgan fingerprint density at radius 1 is 1.33 bits per heavy atom. The number of aryl methyl sites for hydroxylation is 2. The van der Waals surface area contributed by atoms with Crippen LogP contribution in [0.15, 0.2) is 18.2 Å². The molecule has 0 unspecified atom stereocenters. The summed E-state index contributed by atoms with van der Waals surface area (Å²) in [5.41, 5.74) is 4.77. The van der Waals surface area contributed by atoms with Crippen LogP contribution in [0.5, 0.6) is 0 Å². The maximum Gasteiger partial charge on any atom is 0.230 e. The van der Waals surface area contributed by atoms with Crippen LogP contribution in [0.3, 0.4) is 0 Å². The van der Waals surface area contributed by atoms with E-state index in [4.69, 9.17) is 0 Å². The quantitative estimate of drug-likeness (QED) is 0.883. The zero-order valence-corrected chi connectivity index (χ0v) is 16.3. The minimum atomic E-state index is -0.402. The number of anilines is 2. The summed E-state index contributed by atoms with van der Waals surface area (Å²) in [6, 6.07) is 8.13. The van der Waals surface area contributed by atoms with Crippen molar-refractivity contribution in [2.45, 2.75) is 39.5 Å². The average Bonchev–Trinajstić information content (AvgIpc) is 3.32. The maximum atomic E-state index is 12.8. The standard InChI is InChI=1S/C21H21N3O2S/c1-12-5-3-7-17(13(12)2)24-11-14(9-19(24)25)20(26)23-21-16(10-22)15-6-4-8-18(15)27-21/h3,5,7,14H,4,6,8-9,11H2,1-2H3,(H,23,26)/t14-/m1/s1. The molecule has 6 heteroatoms. The minimum absolute atomic E-state index is 0.0296. The molecule has 0 spiro atoms. The highest BCUT2D eigenvalue weighted by Gasteiger charge is 2.36. The molecule has 2 aliphatic rings. The van der Waals surface area contributed by atoms with E-state index in [1.807, 2.05) is 32.0 Å². The number of nitriles is 1. The van der Waals surface area contributed by atoms with Gasteiger partial charge in [0.05, 0.1) is 11.5 Å². The number of nitrogens with zero attached hydrogens (tertiary/aromatic N) is 2. The molecule has 0 saturated carbocycles. The van der Waals surface area contributed by atoms with Gasteiger partial charge in [0.25, 0.3) is 0 Å². The van der Waals surface area contributed by atoms with Gasteiger partial charge in [-0.3, -0.25) is 9.59 Å². The zero-order chi connectivity index (χ0) is 19.1. The SMILES string of the molecule is Cc1cccc(N2C[C@H](C(=O)Nc3sc4c(c3C#N)CCC4)CC2=O)c1C. The molecule has 2 aromatic rings. The van der Waals surface area contributed by atoms with Crippen LogP contribution in [-0.4, -0.2) is 18.4 Å². The van der Waals surface area contributed by atoms with E-state index in [0.29, 0.717) is 17.1 Å². The third-order valence-corrected chi connectivity index (χ3v) is 6.84. The van der Waals surface area contributed by atoms with Crippen molar-refractivity contribution in [3.8, 4) is 6.07 Å². The predicted octanol–water partition coefficient (Wildman–Crippen LogP) is 3.72. The first kappa shape index (κ1) is 17.7. The Morgan fingerprint density at radius 2 is 2.15 bits per heavy atom. The molecule has 1 atom stereocenters. The lowest BCUT2D eigenvalue weighted by Gasteiger charge is -2.20. The van der Waals surface area contributed by atoms with Crippen molar-refractivity contribution in [2.24, 2.45) is 5.92 Å². The molecule has 2 heterocycles. The first-order chi connectivity index (χ1) is 13.0. The second-order valence-electron chi connectivity index (χ2n) is 7.29. The second kappa shape index (κ2) is 6.82. The van der Waals surface area contributed by atoms with E-state index in [2.05, 4.69) is 11.4 Å². The molecule has 1 fully saturated rings. The Bertz CT molecular complexity index is 986. The van der Waals surface area contributed by atoms with Crippen LogP contribution in [0.25, 0.3) is 0 Å². The van der Waals surface area contributed by atoms with Gasteiger partial charge in [-0.25, -0.2) is 0 Å². The number of hydrogen-bond acceptors (Lipinski definition) is 4.